The molecule has 0 aromatic heterocycles. The highest BCUT2D eigenvalue weighted by atomic mass is 32.2. The minimum absolute atomic E-state index is 0.0805. The van der Waals surface area contributed by atoms with Crippen LogP contribution in [0.2, 0.25) is 0 Å². The number of esters is 1. The van der Waals surface area contributed by atoms with E-state index >= 15 is 0 Å². The van der Waals surface area contributed by atoms with Gasteiger partial charge in [0.2, 0.25) is 5.92 Å². The number of halogens is 2. The van der Waals surface area contributed by atoms with Crippen LogP contribution in [0.3, 0.4) is 0 Å². The number of ether oxygens (including phenoxy) is 1. The zero-order valence-corrected chi connectivity index (χ0v) is 12.3. The number of rotatable bonds is 10. The summed E-state index contributed by atoms with van der Waals surface area (Å²) < 4.78 is 30.1. The van der Waals surface area contributed by atoms with Crippen molar-refractivity contribution in [2.75, 3.05) is 12.4 Å². The zero-order chi connectivity index (χ0) is 14.0. The van der Waals surface area contributed by atoms with E-state index in [1.807, 2.05) is 6.92 Å². The van der Waals surface area contributed by atoms with Crippen molar-refractivity contribution in [3.63, 3.8) is 0 Å². The zero-order valence-electron chi connectivity index (χ0n) is 11.5. The second-order valence-corrected chi connectivity index (χ2v) is 6.01. The van der Waals surface area contributed by atoms with Crippen molar-refractivity contribution in [1.82, 2.24) is 0 Å². The van der Waals surface area contributed by atoms with E-state index < -0.39 is 5.92 Å². The maximum atomic E-state index is 12.5. The van der Waals surface area contributed by atoms with Gasteiger partial charge in [0.05, 0.1) is 11.9 Å². The van der Waals surface area contributed by atoms with E-state index in [4.69, 9.17) is 4.74 Å². The molecule has 5 heteroatoms. The first-order valence-corrected chi connectivity index (χ1v) is 7.57. The summed E-state index contributed by atoms with van der Waals surface area (Å²) in [6.45, 7) is 5.25. The lowest BCUT2D eigenvalue weighted by Gasteiger charge is -2.12. The molecule has 0 saturated carbocycles. The Kier molecular flexibility index (Phi) is 9.42. The molecule has 0 aromatic rings. The number of hydrogen-bond donors (Lipinski definition) is 0. The summed E-state index contributed by atoms with van der Waals surface area (Å²) in [6.07, 6.45) is 3.01. The summed E-state index contributed by atoms with van der Waals surface area (Å²) in [5.74, 6) is -2.05. The predicted molar refractivity (Wildman–Crippen MR) is 72.3 cm³/mol. The summed E-state index contributed by atoms with van der Waals surface area (Å²) in [5.41, 5.74) is 0. The second-order valence-electron chi connectivity index (χ2n) is 4.56. The quantitative estimate of drug-likeness (QED) is 0.442. The second kappa shape index (κ2) is 9.59. The Labute approximate surface area is 113 Å². The molecule has 18 heavy (non-hydrogen) atoms. The van der Waals surface area contributed by atoms with Gasteiger partial charge >= 0.3 is 5.97 Å². The van der Waals surface area contributed by atoms with Crippen LogP contribution in [0, 0.1) is 0 Å². The van der Waals surface area contributed by atoms with Gasteiger partial charge in [-0.2, -0.15) is 0 Å². The maximum Gasteiger partial charge on any atom is 0.318 e. The average Bonchev–Trinajstić information content (AvgIpc) is 2.27. The van der Waals surface area contributed by atoms with Crippen LogP contribution in [0.4, 0.5) is 8.78 Å². The van der Waals surface area contributed by atoms with Crippen molar-refractivity contribution in [3.05, 3.63) is 0 Å². The number of carbonyl (C=O) groups excluding carboxylic acids is 1. The fourth-order valence-electron chi connectivity index (χ4n) is 1.30. The molecule has 0 radical (unpaired) electrons. The predicted octanol–water partition coefficient (Wildman–Crippen LogP) is 4.28. The minimum Gasteiger partial charge on any atom is -0.465 e. The molecule has 0 heterocycles. The smallest absolute Gasteiger partial charge is 0.318 e. The Bertz CT molecular complexity index is 230. The standard InChI is InChI=1S/C13H24F2O2S/c1-4-5-9-17-12(16)11(2)18-10-7-6-8-13(3,14)15/h11H,4-10H2,1-3H3. The van der Waals surface area contributed by atoms with Crippen LogP contribution >= 0.6 is 11.8 Å². The van der Waals surface area contributed by atoms with Crippen LogP contribution in [0.15, 0.2) is 0 Å². The fourth-order valence-corrected chi connectivity index (χ4v) is 2.23. The highest BCUT2D eigenvalue weighted by Crippen LogP contribution is 2.21. The summed E-state index contributed by atoms with van der Waals surface area (Å²) in [7, 11) is 0. The van der Waals surface area contributed by atoms with Crippen LogP contribution in [-0.2, 0) is 9.53 Å². The van der Waals surface area contributed by atoms with Gasteiger partial charge in [-0.05, 0) is 38.9 Å². The lowest BCUT2D eigenvalue weighted by molar-refractivity contribution is -0.142. The Balaban J connectivity index is 3.52. The Morgan fingerprint density at radius 3 is 2.56 bits per heavy atom. The highest BCUT2D eigenvalue weighted by molar-refractivity contribution is 8.00. The minimum atomic E-state index is -2.57. The van der Waals surface area contributed by atoms with Crippen molar-refractivity contribution in [2.45, 2.75) is 64.0 Å². The molecule has 0 saturated heterocycles. The topological polar surface area (TPSA) is 26.3 Å². The summed E-state index contributed by atoms with van der Waals surface area (Å²) >= 11 is 1.47. The van der Waals surface area contributed by atoms with E-state index in [9.17, 15) is 13.6 Å². The van der Waals surface area contributed by atoms with Crippen LogP contribution in [0.25, 0.3) is 0 Å². The summed E-state index contributed by atoms with van der Waals surface area (Å²) in [6, 6.07) is 0. The van der Waals surface area contributed by atoms with Crippen molar-refractivity contribution in [3.8, 4) is 0 Å². The fraction of sp³-hybridized carbons (Fsp3) is 0.923. The third kappa shape index (κ3) is 10.8. The Morgan fingerprint density at radius 2 is 2.00 bits per heavy atom. The number of unbranched alkanes of at least 4 members (excludes halogenated alkanes) is 2. The largest absolute Gasteiger partial charge is 0.465 e. The van der Waals surface area contributed by atoms with Crippen LogP contribution in [0.1, 0.15) is 52.9 Å². The molecule has 1 unspecified atom stereocenters. The van der Waals surface area contributed by atoms with Crippen LogP contribution in [0.5, 0.6) is 0 Å². The summed E-state index contributed by atoms with van der Waals surface area (Å²) in [4.78, 5) is 11.5. The number of carbonyl (C=O) groups is 1. The average molecular weight is 282 g/mol. The van der Waals surface area contributed by atoms with Crippen molar-refractivity contribution in [2.24, 2.45) is 0 Å². The van der Waals surface area contributed by atoms with Crippen LogP contribution in [-0.4, -0.2) is 29.5 Å². The summed E-state index contributed by atoms with van der Waals surface area (Å²) in [5, 5.41) is -0.205. The van der Waals surface area contributed by atoms with E-state index in [0.29, 0.717) is 19.4 Å². The molecular weight excluding hydrogens is 258 g/mol. The van der Waals surface area contributed by atoms with Gasteiger partial charge < -0.3 is 4.74 Å². The van der Waals surface area contributed by atoms with E-state index in [-0.39, 0.29) is 17.6 Å². The molecule has 0 rings (SSSR count). The molecule has 0 aliphatic heterocycles. The van der Waals surface area contributed by atoms with Gasteiger partial charge in [0, 0.05) is 6.42 Å². The van der Waals surface area contributed by atoms with Gasteiger partial charge in [-0.3, -0.25) is 4.79 Å². The number of thioether (sulfide) groups is 1. The number of hydrogen-bond acceptors (Lipinski definition) is 3. The van der Waals surface area contributed by atoms with Gasteiger partial charge in [0.15, 0.2) is 0 Å². The molecular formula is C13H24F2O2S. The molecule has 2 nitrogen and oxygen atoms in total. The maximum absolute atomic E-state index is 12.5. The monoisotopic (exact) mass is 282 g/mol. The van der Waals surface area contributed by atoms with E-state index in [1.165, 1.54) is 11.8 Å². The van der Waals surface area contributed by atoms with Crippen molar-refractivity contribution in [1.29, 1.82) is 0 Å². The molecule has 1 atom stereocenters. The van der Waals surface area contributed by atoms with Gasteiger partial charge in [0.25, 0.3) is 0 Å². The highest BCUT2D eigenvalue weighted by Gasteiger charge is 2.20. The molecule has 0 aliphatic rings. The van der Waals surface area contributed by atoms with E-state index in [0.717, 1.165) is 25.5 Å². The third-order valence-corrected chi connectivity index (χ3v) is 3.67. The van der Waals surface area contributed by atoms with Crippen molar-refractivity contribution < 1.29 is 18.3 Å². The number of alkyl halides is 2. The van der Waals surface area contributed by atoms with Gasteiger partial charge in [-0.15, -0.1) is 11.8 Å². The Hall–Kier alpha value is -0.320. The third-order valence-electron chi connectivity index (χ3n) is 2.45. The molecule has 0 aromatic carbocycles. The molecule has 0 bridgehead atoms. The lowest BCUT2D eigenvalue weighted by Crippen LogP contribution is -2.18. The molecule has 0 aliphatic carbocycles. The van der Waals surface area contributed by atoms with Gasteiger partial charge in [-0.1, -0.05) is 13.3 Å². The van der Waals surface area contributed by atoms with Crippen LogP contribution < -0.4 is 0 Å². The van der Waals surface area contributed by atoms with E-state index in [1.54, 1.807) is 6.92 Å². The first-order chi connectivity index (χ1) is 8.37. The van der Waals surface area contributed by atoms with Gasteiger partial charge in [0.1, 0.15) is 0 Å². The van der Waals surface area contributed by atoms with E-state index in [2.05, 4.69) is 0 Å². The first-order valence-electron chi connectivity index (χ1n) is 6.53. The molecule has 108 valence electrons. The Morgan fingerprint density at radius 1 is 1.33 bits per heavy atom. The molecule has 0 fully saturated rings. The molecule has 0 spiro atoms. The van der Waals surface area contributed by atoms with Crippen molar-refractivity contribution >= 4 is 17.7 Å². The lowest BCUT2D eigenvalue weighted by atomic mass is 10.2. The SMILES string of the molecule is CCCCOC(=O)C(C)SCCCCC(C)(F)F. The normalized spacial score (nSPS) is 13.4. The molecule has 0 amide bonds. The first kappa shape index (κ1) is 17.7. The van der Waals surface area contributed by atoms with Gasteiger partial charge in [-0.25, -0.2) is 8.78 Å². The molecule has 0 N–H and O–H groups in total.